The molecule has 2 heterocycles. The van der Waals surface area contributed by atoms with Gasteiger partial charge in [-0.3, -0.25) is 4.79 Å². The van der Waals surface area contributed by atoms with Crippen molar-refractivity contribution < 1.29 is 13.2 Å². The molecular formula is C27H22N4O4S. The van der Waals surface area contributed by atoms with E-state index in [1.807, 2.05) is 24.3 Å². The van der Waals surface area contributed by atoms with Crippen LogP contribution in [0.25, 0.3) is 27.7 Å². The van der Waals surface area contributed by atoms with Gasteiger partial charge >= 0.3 is 0 Å². The Morgan fingerprint density at radius 2 is 1.61 bits per heavy atom. The van der Waals surface area contributed by atoms with E-state index in [-0.39, 0.29) is 28.0 Å². The summed E-state index contributed by atoms with van der Waals surface area (Å²) in [7, 11) is -2.39. The second-order valence-electron chi connectivity index (χ2n) is 8.15. The fraction of sp³-hybridized carbons (Fsp3) is 0.0741. The number of rotatable bonds is 6. The van der Waals surface area contributed by atoms with Gasteiger partial charge in [0.15, 0.2) is 9.84 Å². The van der Waals surface area contributed by atoms with Crippen molar-refractivity contribution >= 4 is 26.7 Å². The Labute approximate surface area is 207 Å². The monoisotopic (exact) mass is 498 g/mol. The fourth-order valence-corrected chi connectivity index (χ4v) is 5.54. The van der Waals surface area contributed by atoms with E-state index >= 15 is 0 Å². The number of pyridine rings is 1. The highest BCUT2D eigenvalue weighted by molar-refractivity contribution is 7.90. The summed E-state index contributed by atoms with van der Waals surface area (Å²) in [6, 6.07) is 24.5. The average Bonchev–Trinajstić information content (AvgIpc) is 2.89. The van der Waals surface area contributed by atoms with Gasteiger partial charge in [-0.15, -0.1) is 0 Å². The number of benzene rings is 3. The third-order valence-electron chi connectivity index (χ3n) is 5.79. The molecule has 0 aliphatic heterocycles. The smallest absolute Gasteiger partial charge is 0.267 e. The first kappa shape index (κ1) is 23.3. The number of anilines is 1. The molecule has 9 heteroatoms. The van der Waals surface area contributed by atoms with Crippen LogP contribution in [0.1, 0.15) is 5.56 Å². The number of nitrogens with two attached hydrogens (primary N) is 1. The second kappa shape index (κ2) is 9.27. The predicted molar refractivity (Wildman–Crippen MR) is 139 cm³/mol. The van der Waals surface area contributed by atoms with E-state index in [2.05, 4.69) is 9.97 Å². The third kappa shape index (κ3) is 4.32. The number of nitrogen functional groups attached to an aromatic ring is 1. The molecule has 3 aromatic carbocycles. The molecule has 5 rings (SSSR count). The number of hydrogen-bond donors (Lipinski definition) is 1. The maximum absolute atomic E-state index is 13.4. The Bertz CT molecular complexity index is 1740. The summed E-state index contributed by atoms with van der Waals surface area (Å²) < 4.78 is 33.1. The van der Waals surface area contributed by atoms with Crippen LogP contribution in [0.4, 0.5) is 5.95 Å². The van der Waals surface area contributed by atoms with Crippen molar-refractivity contribution in [2.75, 3.05) is 12.8 Å². The summed E-state index contributed by atoms with van der Waals surface area (Å²) in [5.74, 6) is -0.110. The van der Waals surface area contributed by atoms with Crippen LogP contribution in [0.2, 0.25) is 0 Å². The number of sulfone groups is 1. The van der Waals surface area contributed by atoms with Crippen LogP contribution in [0.3, 0.4) is 0 Å². The molecule has 0 spiro atoms. The molecule has 0 atom stereocenters. The topological polar surface area (TPSA) is 117 Å². The van der Waals surface area contributed by atoms with Gasteiger partial charge in [0.2, 0.25) is 11.8 Å². The van der Waals surface area contributed by atoms with Gasteiger partial charge in [0.1, 0.15) is 4.90 Å². The van der Waals surface area contributed by atoms with Gasteiger partial charge in [-0.05, 0) is 41.5 Å². The van der Waals surface area contributed by atoms with Crippen LogP contribution in [-0.2, 0) is 15.6 Å². The summed E-state index contributed by atoms with van der Waals surface area (Å²) in [4.78, 5) is 22.0. The number of nitrogens with zero attached hydrogens (tertiary/aromatic N) is 3. The van der Waals surface area contributed by atoms with E-state index in [0.717, 1.165) is 0 Å². The molecule has 180 valence electrons. The highest BCUT2D eigenvalue weighted by Gasteiger charge is 2.23. The minimum absolute atomic E-state index is 0.0105. The van der Waals surface area contributed by atoms with Crippen molar-refractivity contribution in [3.63, 3.8) is 0 Å². The molecule has 0 aliphatic carbocycles. The van der Waals surface area contributed by atoms with E-state index in [9.17, 15) is 13.2 Å². The van der Waals surface area contributed by atoms with Crippen molar-refractivity contribution in [2.24, 2.45) is 0 Å². The first-order valence-electron chi connectivity index (χ1n) is 11.1. The van der Waals surface area contributed by atoms with Crippen LogP contribution >= 0.6 is 0 Å². The SMILES string of the molecule is COc1ncc(-c2ccc3nc(N)n(-c4ccccc4)c(=O)c3c2)cc1S(=O)(=O)Cc1ccccc1. The highest BCUT2D eigenvalue weighted by Crippen LogP contribution is 2.31. The zero-order valence-corrected chi connectivity index (χ0v) is 20.1. The molecule has 5 aromatic rings. The maximum Gasteiger partial charge on any atom is 0.267 e. The standard InChI is InChI=1S/C27H22N4O4S/c1-35-25-24(36(33,34)17-18-8-4-2-5-9-18)15-20(16-29-25)19-12-13-23-22(14-19)26(32)31(27(28)30-23)21-10-6-3-7-11-21/h2-16H,17H2,1H3,(H2,28,30). The lowest BCUT2D eigenvalue weighted by Crippen LogP contribution is -2.23. The molecule has 8 nitrogen and oxygen atoms in total. The van der Waals surface area contributed by atoms with Crippen molar-refractivity contribution in [1.29, 1.82) is 0 Å². The zero-order chi connectivity index (χ0) is 25.3. The van der Waals surface area contributed by atoms with Gasteiger partial charge < -0.3 is 10.5 Å². The van der Waals surface area contributed by atoms with Crippen LogP contribution in [0.15, 0.2) is 101 Å². The Hall–Kier alpha value is -4.50. The number of methoxy groups -OCH3 is 1. The van der Waals surface area contributed by atoms with Gasteiger partial charge in [0.25, 0.3) is 5.56 Å². The largest absolute Gasteiger partial charge is 0.480 e. The molecule has 0 radical (unpaired) electrons. The number of fused-ring (bicyclic) bond motifs is 1. The fourth-order valence-electron chi connectivity index (χ4n) is 4.05. The molecule has 0 unspecified atom stereocenters. The normalized spacial score (nSPS) is 11.5. The summed E-state index contributed by atoms with van der Waals surface area (Å²) in [6.45, 7) is 0. The molecule has 0 aliphatic rings. The van der Waals surface area contributed by atoms with Crippen molar-refractivity contribution in [3.05, 3.63) is 107 Å². The maximum atomic E-state index is 13.4. The Kier molecular flexibility index (Phi) is 5.99. The average molecular weight is 499 g/mol. The summed E-state index contributed by atoms with van der Waals surface area (Å²) >= 11 is 0. The van der Waals surface area contributed by atoms with Gasteiger partial charge in [-0.25, -0.2) is 23.0 Å². The number of hydrogen-bond acceptors (Lipinski definition) is 7. The van der Waals surface area contributed by atoms with Gasteiger partial charge in [-0.2, -0.15) is 0 Å². The molecule has 2 aromatic heterocycles. The minimum Gasteiger partial charge on any atom is -0.480 e. The van der Waals surface area contributed by atoms with Crippen LogP contribution in [0, 0.1) is 0 Å². The molecule has 2 N–H and O–H groups in total. The van der Waals surface area contributed by atoms with Crippen molar-refractivity contribution in [1.82, 2.24) is 14.5 Å². The predicted octanol–water partition coefficient (Wildman–Crippen LogP) is 4.01. The third-order valence-corrected chi connectivity index (χ3v) is 7.46. The minimum atomic E-state index is -3.77. The highest BCUT2D eigenvalue weighted by atomic mass is 32.2. The van der Waals surface area contributed by atoms with E-state index in [1.165, 1.54) is 23.9 Å². The lowest BCUT2D eigenvalue weighted by Gasteiger charge is -2.13. The number of aromatic nitrogens is 3. The first-order valence-corrected chi connectivity index (χ1v) is 12.7. The summed E-state index contributed by atoms with van der Waals surface area (Å²) in [5, 5.41) is 0.343. The van der Waals surface area contributed by atoms with E-state index in [4.69, 9.17) is 10.5 Å². The quantitative estimate of drug-likeness (QED) is 0.376. The van der Waals surface area contributed by atoms with Gasteiger partial charge in [0.05, 0.1) is 29.5 Å². The molecule has 0 fully saturated rings. The van der Waals surface area contributed by atoms with E-state index in [0.29, 0.717) is 33.3 Å². The first-order chi connectivity index (χ1) is 17.4. The summed E-state index contributed by atoms with van der Waals surface area (Å²) in [6.07, 6.45) is 1.52. The molecule has 0 saturated heterocycles. The lowest BCUT2D eigenvalue weighted by molar-refractivity contribution is 0.385. The van der Waals surface area contributed by atoms with Gasteiger partial charge in [0, 0.05) is 11.8 Å². The Morgan fingerprint density at radius 1 is 0.917 bits per heavy atom. The van der Waals surface area contributed by atoms with Crippen molar-refractivity contribution in [3.8, 4) is 22.7 Å². The van der Waals surface area contributed by atoms with E-state index < -0.39 is 9.84 Å². The molecule has 0 saturated carbocycles. The van der Waals surface area contributed by atoms with Crippen molar-refractivity contribution in [2.45, 2.75) is 10.6 Å². The van der Waals surface area contributed by atoms with Crippen LogP contribution in [-0.4, -0.2) is 30.1 Å². The Balaban J connectivity index is 1.63. The molecule has 36 heavy (non-hydrogen) atoms. The molecular weight excluding hydrogens is 476 g/mol. The van der Waals surface area contributed by atoms with E-state index in [1.54, 1.807) is 54.6 Å². The molecule has 0 bridgehead atoms. The Morgan fingerprint density at radius 3 is 2.31 bits per heavy atom. The number of ether oxygens (including phenoxy) is 1. The lowest BCUT2D eigenvalue weighted by atomic mass is 10.1. The van der Waals surface area contributed by atoms with Crippen LogP contribution in [0.5, 0.6) is 5.88 Å². The summed E-state index contributed by atoms with van der Waals surface area (Å²) in [5.41, 5.74) is 8.58. The zero-order valence-electron chi connectivity index (χ0n) is 19.3. The second-order valence-corrected chi connectivity index (χ2v) is 10.1. The molecule has 0 amide bonds. The number of para-hydroxylation sites is 1. The van der Waals surface area contributed by atoms with Gasteiger partial charge in [-0.1, -0.05) is 54.6 Å². The van der Waals surface area contributed by atoms with Crippen LogP contribution < -0.4 is 16.0 Å².